The third-order valence-electron chi connectivity index (χ3n) is 1.85. The van der Waals surface area contributed by atoms with Gasteiger partial charge in [0.15, 0.2) is 0 Å². The number of piperidine rings is 1. The van der Waals surface area contributed by atoms with E-state index in [1.54, 1.807) is 11.9 Å². The maximum atomic E-state index is 10.9. The first-order valence-electron chi connectivity index (χ1n) is 3.38. The number of ketones is 1. The molecule has 0 saturated carbocycles. The summed E-state index contributed by atoms with van der Waals surface area (Å²) in [4.78, 5) is 23.4. The third kappa shape index (κ3) is 1.17. The normalized spacial score (nSPS) is 27.4. The van der Waals surface area contributed by atoms with Crippen molar-refractivity contribution in [2.75, 3.05) is 13.6 Å². The van der Waals surface area contributed by atoms with Crippen LogP contribution >= 0.6 is 0 Å². The Morgan fingerprint density at radius 2 is 2.10 bits per heavy atom. The molecular weight excluding hydrogens is 130 g/mol. The van der Waals surface area contributed by atoms with E-state index in [2.05, 4.69) is 0 Å². The maximum absolute atomic E-state index is 10.9. The highest BCUT2D eigenvalue weighted by atomic mass is 16.2. The van der Waals surface area contributed by atoms with Crippen LogP contribution in [0.15, 0.2) is 0 Å². The van der Waals surface area contributed by atoms with Crippen LogP contribution in [0.2, 0.25) is 0 Å². The lowest BCUT2D eigenvalue weighted by Crippen LogP contribution is -2.41. The summed E-state index contributed by atoms with van der Waals surface area (Å²) < 4.78 is 0. The first-order chi connectivity index (χ1) is 4.61. The second-order valence-corrected chi connectivity index (χ2v) is 2.82. The summed E-state index contributed by atoms with van der Waals surface area (Å²) in [6.07, 6.45) is 0.0949. The van der Waals surface area contributed by atoms with Crippen molar-refractivity contribution in [2.45, 2.75) is 13.3 Å². The minimum Gasteiger partial charge on any atom is -0.345 e. The van der Waals surface area contributed by atoms with E-state index < -0.39 is 0 Å². The predicted molar refractivity (Wildman–Crippen MR) is 36.4 cm³/mol. The second-order valence-electron chi connectivity index (χ2n) is 2.82. The summed E-state index contributed by atoms with van der Waals surface area (Å²) in [5.41, 5.74) is 0. The molecule has 1 rings (SSSR count). The Morgan fingerprint density at radius 1 is 1.50 bits per heavy atom. The summed E-state index contributed by atoms with van der Waals surface area (Å²) in [7, 11) is 1.73. The lowest BCUT2D eigenvalue weighted by molar-refractivity contribution is -0.140. The first-order valence-corrected chi connectivity index (χ1v) is 3.38. The largest absolute Gasteiger partial charge is 0.345 e. The molecule has 56 valence electrons. The van der Waals surface area contributed by atoms with E-state index >= 15 is 0 Å². The topological polar surface area (TPSA) is 37.4 Å². The summed E-state index contributed by atoms with van der Waals surface area (Å²) in [6.45, 7) is 2.43. The smallest absolute Gasteiger partial charge is 0.229 e. The van der Waals surface area contributed by atoms with E-state index in [1.165, 1.54) is 0 Å². The number of Topliss-reactive ketones (excluding diaryl/α,β-unsaturated/α-hetero) is 1. The Balaban J connectivity index is 2.63. The van der Waals surface area contributed by atoms with Gasteiger partial charge in [-0.1, -0.05) is 6.92 Å². The number of amides is 1. The van der Waals surface area contributed by atoms with E-state index in [0.29, 0.717) is 6.54 Å². The van der Waals surface area contributed by atoms with Crippen LogP contribution in [0.3, 0.4) is 0 Å². The van der Waals surface area contributed by atoms with Crippen molar-refractivity contribution >= 4 is 11.7 Å². The predicted octanol–water partition coefficient (Wildman–Crippen LogP) is 0.0537. The lowest BCUT2D eigenvalue weighted by atomic mass is 9.99. The fourth-order valence-electron chi connectivity index (χ4n) is 1.07. The molecule has 0 bridgehead atoms. The molecule has 0 radical (unpaired) electrons. The van der Waals surface area contributed by atoms with Crippen molar-refractivity contribution in [3.8, 4) is 0 Å². The van der Waals surface area contributed by atoms with Crippen molar-refractivity contribution in [1.29, 1.82) is 0 Å². The molecule has 0 aromatic rings. The van der Waals surface area contributed by atoms with Crippen LogP contribution in [0.1, 0.15) is 13.3 Å². The van der Waals surface area contributed by atoms with Gasteiger partial charge in [0.1, 0.15) is 5.78 Å². The average Bonchev–Trinajstić information content (AvgIpc) is 1.84. The molecule has 3 heteroatoms. The number of hydrogen-bond acceptors (Lipinski definition) is 2. The van der Waals surface area contributed by atoms with Crippen molar-refractivity contribution in [2.24, 2.45) is 5.92 Å². The van der Waals surface area contributed by atoms with Gasteiger partial charge in [0.2, 0.25) is 5.91 Å². The van der Waals surface area contributed by atoms with Gasteiger partial charge in [0, 0.05) is 19.5 Å². The van der Waals surface area contributed by atoms with Gasteiger partial charge in [-0.05, 0) is 0 Å². The molecule has 1 amide bonds. The van der Waals surface area contributed by atoms with Crippen LogP contribution in [-0.4, -0.2) is 30.2 Å². The number of rotatable bonds is 0. The highest BCUT2D eigenvalue weighted by Gasteiger charge is 2.26. The number of nitrogens with zero attached hydrogens (tertiary/aromatic N) is 1. The van der Waals surface area contributed by atoms with Gasteiger partial charge in [0.25, 0.3) is 0 Å². The van der Waals surface area contributed by atoms with Crippen molar-refractivity contribution in [3.05, 3.63) is 0 Å². The molecule has 1 saturated heterocycles. The van der Waals surface area contributed by atoms with Crippen molar-refractivity contribution in [1.82, 2.24) is 4.90 Å². The Bertz CT molecular complexity index is 158. The summed E-state index contributed by atoms with van der Waals surface area (Å²) >= 11 is 0. The van der Waals surface area contributed by atoms with Crippen molar-refractivity contribution < 1.29 is 9.59 Å². The molecule has 0 N–H and O–H groups in total. The van der Waals surface area contributed by atoms with Crippen LogP contribution in [0.5, 0.6) is 0 Å². The van der Waals surface area contributed by atoms with Gasteiger partial charge >= 0.3 is 0 Å². The molecule has 1 atom stereocenters. The van der Waals surface area contributed by atoms with Crippen LogP contribution in [-0.2, 0) is 9.59 Å². The van der Waals surface area contributed by atoms with E-state index in [0.717, 1.165) is 0 Å². The zero-order valence-electron chi connectivity index (χ0n) is 6.26. The Hall–Kier alpha value is -0.860. The Morgan fingerprint density at radius 3 is 2.60 bits per heavy atom. The second kappa shape index (κ2) is 2.40. The molecule has 1 unspecified atom stereocenters. The molecule has 3 nitrogen and oxygen atoms in total. The molecule has 1 aliphatic rings. The number of hydrogen-bond donors (Lipinski definition) is 0. The van der Waals surface area contributed by atoms with E-state index in [-0.39, 0.29) is 24.0 Å². The molecule has 1 heterocycles. The van der Waals surface area contributed by atoms with Gasteiger partial charge in [0.05, 0.1) is 6.42 Å². The highest BCUT2D eigenvalue weighted by molar-refractivity contribution is 6.01. The Labute approximate surface area is 60.0 Å². The zero-order valence-corrected chi connectivity index (χ0v) is 6.26. The molecule has 10 heavy (non-hydrogen) atoms. The summed E-state index contributed by atoms with van der Waals surface area (Å²) in [5, 5.41) is 0. The number of carbonyl (C=O) groups is 2. The van der Waals surface area contributed by atoms with E-state index in [9.17, 15) is 9.59 Å². The minimum atomic E-state index is -0.0527. The monoisotopic (exact) mass is 141 g/mol. The summed E-state index contributed by atoms with van der Waals surface area (Å²) in [6, 6.07) is 0. The van der Waals surface area contributed by atoms with Gasteiger partial charge < -0.3 is 4.90 Å². The number of carbonyl (C=O) groups excluding carboxylic acids is 2. The van der Waals surface area contributed by atoms with Crippen LogP contribution in [0.4, 0.5) is 0 Å². The standard InChI is InChI=1S/C7H11NO2/c1-5-4-8(2)7(10)3-6(5)9/h5H,3-4H2,1-2H3. The fraction of sp³-hybridized carbons (Fsp3) is 0.714. The lowest BCUT2D eigenvalue weighted by Gasteiger charge is -2.25. The minimum absolute atomic E-state index is 0.0303. The molecule has 1 aliphatic heterocycles. The number of likely N-dealkylation sites (tertiary alicyclic amines) is 1. The highest BCUT2D eigenvalue weighted by Crippen LogP contribution is 2.10. The molecule has 0 spiro atoms. The van der Waals surface area contributed by atoms with Crippen LogP contribution in [0, 0.1) is 5.92 Å². The first kappa shape index (κ1) is 7.25. The average molecular weight is 141 g/mol. The maximum Gasteiger partial charge on any atom is 0.229 e. The van der Waals surface area contributed by atoms with Gasteiger partial charge in [-0.25, -0.2) is 0 Å². The van der Waals surface area contributed by atoms with Crippen LogP contribution < -0.4 is 0 Å². The third-order valence-corrected chi connectivity index (χ3v) is 1.85. The Kier molecular flexibility index (Phi) is 1.74. The zero-order chi connectivity index (χ0) is 7.72. The van der Waals surface area contributed by atoms with E-state index in [1.807, 2.05) is 6.92 Å². The van der Waals surface area contributed by atoms with Gasteiger partial charge in [-0.2, -0.15) is 0 Å². The SMILES string of the molecule is CC1CN(C)C(=O)CC1=O. The molecule has 0 aliphatic carbocycles. The summed E-state index contributed by atoms with van der Waals surface area (Å²) in [5.74, 6) is 0.0499. The molecule has 1 fully saturated rings. The van der Waals surface area contributed by atoms with E-state index in [4.69, 9.17) is 0 Å². The fourth-order valence-corrected chi connectivity index (χ4v) is 1.07. The van der Waals surface area contributed by atoms with Crippen LogP contribution in [0.25, 0.3) is 0 Å². The van der Waals surface area contributed by atoms with Gasteiger partial charge in [-0.3, -0.25) is 9.59 Å². The molecule has 0 aromatic carbocycles. The molecule has 0 aromatic heterocycles. The quantitative estimate of drug-likeness (QED) is 0.447. The molecular formula is C7H11NO2. The van der Waals surface area contributed by atoms with Gasteiger partial charge in [-0.15, -0.1) is 0 Å². The van der Waals surface area contributed by atoms with Crippen molar-refractivity contribution in [3.63, 3.8) is 0 Å².